The van der Waals surface area contributed by atoms with E-state index in [9.17, 15) is 8.22 Å². The van der Waals surface area contributed by atoms with Crippen LogP contribution in [0.4, 0.5) is 0 Å². The third-order valence-electron chi connectivity index (χ3n) is 9.12. The molecule has 0 spiro atoms. The molecule has 0 saturated carbocycles. The minimum atomic E-state index is -0.749. The van der Waals surface area contributed by atoms with Crippen molar-refractivity contribution in [2.24, 2.45) is 0 Å². The lowest BCUT2D eigenvalue weighted by atomic mass is 9.98. The predicted octanol–water partition coefficient (Wildman–Crippen LogP) is 13.1. The molecular formula is C48H30N2O. The third-order valence-corrected chi connectivity index (χ3v) is 9.12. The van der Waals surface area contributed by atoms with Crippen LogP contribution in [0.1, 0.15) is 26.0 Å². The highest BCUT2D eigenvalue weighted by Crippen LogP contribution is 2.44. The molecule has 0 fully saturated rings. The van der Waals surface area contributed by atoms with Gasteiger partial charge in [-0.15, -0.1) is 0 Å². The normalized spacial score (nSPS) is 17.1. The number of furan rings is 1. The van der Waals surface area contributed by atoms with Gasteiger partial charge in [0.1, 0.15) is 11.2 Å². The Morgan fingerprint density at radius 3 is 2.12 bits per heavy atom. The van der Waals surface area contributed by atoms with Crippen LogP contribution in [0.3, 0.4) is 0 Å². The molecule has 0 atom stereocenters. The van der Waals surface area contributed by atoms with Crippen molar-refractivity contribution < 1.29 is 30.5 Å². The zero-order valence-corrected chi connectivity index (χ0v) is 26.2. The van der Waals surface area contributed by atoms with Crippen molar-refractivity contribution in [3.05, 3.63) is 182 Å². The van der Waals surface area contributed by atoms with E-state index >= 15 is 0 Å². The van der Waals surface area contributed by atoms with Gasteiger partial charge in [-0.3, -0.25) is 0 Å². The first-order valence-corrected chi connectivity index (χ1v) is 15.9. The van der Waals surface area contributed by atoms with E-state index in [-0.39, 0.29) is 118 Å². The number of fused-ring (bicyclic) bond motifs is 9. The van der Waals surface area contributed by atoms with Crippen LogP contribution in [0, 0.1) is 0 Å². The largest absolute Gasteiger partial charge is 0.456 e. The van der Waals surface area contributed by atoms with Crippen LogP contribution in [-0.2, 0) is 0 Å². The van der Waals surface area contributed by atoms with Crippen LogP contribution in [0.15, 0.2) is 186 Å². The first kappa shape index (κ1) is 15.4. The maximum atomic E-state index is 10.1. The second kappa shape index (κ2) is 10.8. The van der Waals surface area contributed by atoms with Gasteiger partial charge in [0, 0.05) is 38.2 Å². The van der Waals surface area contributed by atoms with E-state index in [1.165, 1.54) is 36.4 Å². The van der Waals surface area contributed by atoms with Crippen LogP contribution in [0.5, 0.6) is 0 Å². The number of hydrogen-bond acceptors (Lipinski definition) is 1. The van der Waals surface area contributed by atoms with E-state index in [0.29, 0.717) is 5.69 Å². The summed E-state index contributed by atoms with van der Waals surface area (Å²) < 4.78 is 182. The summed E-state index contributed by atoms with van der Waals surface area (Å²) in [6.45, 7) is 0. The standard InChI is InChI=1S/C48H30N2O/c1-3-14-31(15-4-1)34-20-12-26-44-46(34)47-43(25-13-27-45(47)51-44)50-41-24-10-8-19-37(41)39-30-32(28-29-42(39)50)35-21-11-22-38-36-18-7-9-23-40(36)49(48(35)38)33-16-5-2-6-17-33/h1-30H/i3D,7D,8D,9D,10D,11D,12D,13D,14D,18D,19D,20D,22D,24D,25D,26D,27D,29D,30D. The van der Waals surface area contributed by atoms with E-state index in [2.05, 4.69) is 0 Å². The Morgan fingerprint density at radius 1 is 0.431 bits per heavy atom. The number of para-hydroxylation sites is 4. The minimum absolute atomic E-state index is 0.0442. The number of nitrogens with zero attached hydrogens (tertiary/aromatic N) is 2. The Kier molecular flexibility index (Phi) is 3.26. The molecule has 3 nitrogen and oxygen atoms in total. The molecule has 238 valence electrons. The van der Waals surface area contributed by atoms with E-state index in [4.69, 9.17) is 22.2 Å². The highest BCUT2D eigenvalue weighted by molar-refractivity contribution is 6.19. The summed E-state index contributed by atoms with van der Waals surface area (Å²) in [5.41, 5.74) is -1.21. The first-order chi connectivity index (χ1) is 33.2. The average molecular weight is 670 g/mol. The van der Waals surface area contributed by atoms with Gasteiger partial charge in [-0.2, -0.15) is 0 Å². The molecule has 0 aliphatic heterocycles. The summed E-state index contributed by atoms with van der Waals surface area (Å²) in [6, 6.07) is 6.69. The first-order valence-electron chi connectivity index (χ1n) is 25.4. The Hall–Kier alpha value is -6.84. The summed E-state index contributed by atoms with van der Waals surface area (Å²) >= 11 is 0. The lowest BCUT2D eigenvalue weighted by molar-refractivity contribution is 0.669. The quantitative estimate of drug-likeness (QED) is 0.183. The van der Waals surface area contributed by atoms with Crippen molar-refractivity contribution in [3.63, 3.8) is 0 Å². The Morgan fingerprint density at radius 2 is 1.20 bits per heavy atom. The van der Waals surface area contributed by atoms with Gasteiger partial charge in [0.2, 0.25) is 0 Å². The predicted molar refractivity (Wildman–Crippen MR) is 213 cm³/mol. The molecule has 0 aliphatic rings. The van der Waals surface area contributed by atoms with Crippen LogP contribution < -0.4 is 0 Å². The smallest absolute Gasteiger partial charge is 0.137 e. The zero-order chi connectivity index (χ0) is 50.0. The zero-order valence-electron chi connectivity index (χ0n) is 45.2. The van der Waals surface area contributed by atoms with Crippen LogP contribution in [0.25, 0.3) is 99.2 Å². The number of rotatable bonds is 4. The topological polar surface area (TPSA) is 23.0 Å². The van der Waals surface area contributed by atoms with Gasteiger partial charge in [-0.05, 0) is 71.1 Å². The van der Waals surface area contributed by atoms with E-state index < -0.39 is 89.8 Å². The monoisotopic (exact) mass is 669 g/mol. The number of aromatic nitrogens is 2. The Bertz CT molecular complexity index is 4230. The Balaban J connectivity index is 1.38. The molecule has 3 heterocycles. The maximum absolute atomic E-state index is 10.1. The summed E-state index contributed by atoms with van der Waals surface area (Å²) in [6.07, 6.45) is 0. The lowest BCUT2D eigenvalue weighted by Gasteiger charge is -2.13. The molecule has 3 aromatic heterocycles. The highest BCUT2D eigenvalue weighted by atomic mass is 16.3. The summed E-state index contributed by atoms with van der Waals surface area (Å²) in [4.78, 5) is 0. The minimum Gasteiger partial charge on any atom is -0.456 e. The van der Waals surface area contributed by atoms with Gasteiger partial charge in [0.15, 0.2) is 0 Å². The molecule has 11 rings (SSSR count). The summed E-state index contributed by atoms with van der Waals surface area (Å²) in [7, 11) is 0. The molecule has 0 radical (unpaired) electrons. The van der Waals surface area contributed by atoms with Crippen molar-refractivity contribution >= 4 is 65.6 Å². The molecule has 0 N–H and O–H groups in total. The SMILES string of the molecule is [2H]c1cccc(-c2c([2H])c([2H])c([2H])c3oc4c([2H])c([2H])c([2H])c(-n5c6c([2H])cc(-c7cc([2H])c([2H])c8c9c([2H])c([2H])c([2H])cc9n(-c9ccccc9)c78)c([2H])c6c6c([2H])c([2H])c([2H])c([2H])c65)c4c23)c1[2H]. The summed E-state index contributed by atoms with van der Waals surface area (Å²) in [5, 5.41) is -0.855. The molecule has 11 aromatic rings. The Labute approximate surface area is 320 Å². The molecule has 0 amide bonds. The van der Waals surface area contributed by atoms with Crippen molar-refractivity contribution in [1.29, 1.82) is 0 Å². The molecule has 0 unspecified atom stereocenters. The molecule has 0 saturated heterocycles. The lowest BCUT2D eigenvalue weighted by Crippen LogP contribution is -1.96. The third kappa shape index (κ3) is 4.06. The van der Waals surface area contributed by atoms with Gasteiger partial charge in [0.05, 0.1) is 59.2 Å². The maximum Gasteiger partial charge on any atom is 0.137 e. The van der Waals surface area contributed by atoms with Crippen molar-refractivity contribution in [3.8, 4) is 33.6 Å². The molecule has 3 heteroatoms. The average Bonchev–Trinajstić information content (AvgIpc) is 4.02. The van der Waals surface area contributed by atoms with Gasteiger partial charge in [0.25, 0.3) is 0 Å². The van der Waals surface area contributed by atoms with Gasteiger partial charge in [-0.1, -0.05) is 127 Å². The van der Waals surface area contributed by atoms with Crippen molar-refractivity contribution in [1.82, 2.24) is 9.13 Å². The second-order valence-electron chi connectivity index (χ2n) is 11.8. The van der Waals surface area contributed by atoms with Crippen LogP contribution in [-0.4, -0.2) is 9.13 Å². The summed E-state index contributed by atoms with van der Waals surface area (Å²) in [5.74, 6) is 0. The van der Waals surface area contributed by atoms with Crippen molar-refractivity contribution in [2.75, 3.05) is 0 Å². The van der Waals surface area contributed by atoms with E-state index in [1.54, 1.807) is 34.9 Å². The number of benzene rings is 8. The van der Waals surface area contributed by atoms with E-state index in [0.717, 1.165) is 4.57 Å². The molecule has 51 heavy (non-hydrogen) atoms. The molecule has 0 bridgehead atoms. The fourth-order valence-corrected chi connectivity index (χ4v) is 7.03. The molecular weight excluding hydrogens is 621 g/mol. The van der Waals surface area contributed by atoms with Crippen molar-refractivity contribution in [2.45, 2.75) is 0 Å². The van der Waals surface area contributed by atoms with Gasteiger partial charge >= 0.3 is 0 Å². The highest BCUT2D eigenvalue weighted by Gasteiger charge is 2.21. The van der Waals surface area contributed by atoms with Crippen LogP contribution >= 0.6 is 0 Å². The van der Waals surface area contributed by atoms with E-state index in [1.807, 2.05) is 0 Å². The van der Waals surface area contributed by atoms with Crippen LogP contribution in [0.2, 0.25) is 0 Å². The fraction of sp³-hybridized carbons (Fsp3) is 0. The van der Waals surface area contributed by atoms with Gasteiger partial charge < -0.3 is 13.6 Å². The fourth-order valence-electron chi connectivity index (χ4n) is 7.03. The van der Waals surface area contributed by atoms with Gasteiger partial charge in [-0.25, -0.2) is 0 Å². The molecule has 0 aliphatic carbocycles. The molecule has 8 aromatic carbocycles. The second-order valence-corrected chi connectivity index (χ2v) is 11.8. The number of hydrogen-bond donors (Lipinski definition) is 0.